The van der Waals surface area contributed by atoms with E-state index < -0.39 is 0 Å². The first-order valence-electron chi connectivity index (χ1n) is 7.64. The Bertz CT molecular complexity index is 906. The van der Waals surface area contributed by atoms with Gasteiger partial charge in [0.15, 0.2) is 5.82 Å². The second-order valence-electron chi connectivity index (χ2n) is 5.15. The SMILES string of the molecule is COc1ccccc1-c1nnc(SCCOc2ccc(Cl)cc2Br)n1N. The standard InChI is InChI=1S/C17H16BrClN4O2S/c1-24-14-5-3-2-4-12(14)16-21-22-17(23(16)20)26-9-8-25-15-7-6-11(19)10-13(15)18/h2-7,10H,8-9,20H2,1H3. The molecule has 1 aromatic heterocycles. The van der Waals surface area contributed by atoms with Gasteiger partial charge in [-0.15, -0.1) is 10.2 Å². The number of hydrogen-bond acceptors (Lipinski definition) is 6. The number of halogens is 2. The summed E-state index contributed by atoms with van der Waals surface area (Å²) in [7, 11) is 1.61. The van der Waals surface area contributed by atoms with E-state index in [1.165, 1.54) is 16.4 Å². The molecule has 0 radical (unpaired) electrons. The number of thioether (sulfide) groups is 1. The number of ether oxygens (including phenoxy) is 2. The third kappa shape index (κ3) is 4.25. The molecule has 0 bridgehead atoms. The summed E-state index contributed by atoms with van der Waals surface area (Å²) in [6.07, 6.45) is 0. The van der Waals surface area contributed by atoms with Gasteiger partial charge in [-0.05, 0) is 46.3 Å². The molecule has 3 rings (SSSR count). The molecule has 0 amide bonds. The summed E-state index contributed by atoms with van der Waals surface area (Å²) in [6, 6.07) is 12.9. The van der Waals surface area contributed by atoms with Gasteiger partial charge in [0.05, 0.1) is 23.8 Å². The van der Waals surface area contributed by atoms with Gasteiger partial charge in [-0.2, -0.15) is 0 Å². The van der Waals surface area contributed by atoms with Crippen LogP contribution < -0.4 is 15.3 Å². The van der Waals surface area contributed by atoms with E-state index in [0.29, 0.717) is 34.1 Å². The van der Waals surface area contributed by atoms with Crippen molar-refractivity contribution in [2.75, 3.05) is 25.3 Å². The minimum Gasteiger partial charge on any atom is -0.496 e. The van der Waals surface area contributed by atoms with Crippen molar-refractivity contribution < 1.29 is 9.47 Å². The summed E-state index contributed by atoms with van der Waals surface area (Å²) in [4.78, 5) is 0. The summed E-state index contributed by atoms with van der Waals surface area (Å²) in [6.45, 7) is 0.488. The number of aromatic nitrogens is 3. The average molecular weight is 456 g/mol. The monoisotopic (exact) mass is 454 g/mol. The molecule has 1 heterocycles. The Morgan fingerprint density at radius 1 is 1.19 bits per heavy atom. The normalized spacial score (nSPS) is 10.7. The first-order chi connectivity index (χ1) is 12.6. The molecule has 136 valence electrons. The Labute approximate surface area is 168 Å². The van der Waals surface area contributed by atoms with Gasteiger partial charge in [0.25, 0.3) is 0 Å². The van der Waals surface area contributed by atoms with Crippen LogP contribution in [0.1, 0.15) is 0 Å². The molecule has 0 aliphatic heterocycles. The van der Waals surface area contributed by atoms with Crippen LogP contribution in [0.15, 0.2) is 52.1 Å². The van der Waals surface area contributed by atoms with Gasteiger partial charge in [0.2, 0.25) is 5.16 Å². The van der Waals surface area contributed by atoms with E-state index in [1.54, 1.807) is 19.2 Å². The molecule has 0 spiro atoms. The third-order valence-corrected chi connectivity index (χ3v) is 5.24. The number of methoxy groups -OCH3 is 1. The summed E-state index contributed by atoms with van der Waals surface area (Å²) in [5, 5.41) is 9.59. The summed E-state index contributed by atoms with van der Waals surface area (Å²) in [5.74, 6) is 8.78. The Morgan fingerprint density at radius 3 is 2.77 bits per heavy atom. The van der Waals surface area contributed by atoms with Crippen LogP contribution in [0.2, 0.25) is 5.02 Å². The van der Waals surface area contributed by atoms with Crippen molar-refractivity contribution in [1.82, 2.24) is 14.9 Å². The number of nitrogens with two attached hydrogens (primary N) is 1. The fourth-order valence-corrected chi connectivity index (χ4v) is 3.74. The molecule has 26 heavy (non-hydrogen) atoms. The van der Waals surface area contributed by atoms with E-state index in [2.05, 4.69) is 26.1 Å². The largest absolute Gasteiger partial charge is 0.496 e. The van der Waals surface area contributed by atoms with Crippen molar-refractivity contribution in [2.24, 2.45) is 0 Å². The molecule has 6 nitrogen and oxygen atoms in total. The zero-order valence-electron chi connectivity index (χ0n) is 13.9. The number of hydrogen-bond donors (Lipinski definition) is 1. The molecule has 0 aliphatic carbocycles. The van der Waals surface area contributed by atoms with E-state index in [0.717, 1.165) is 15.8 Å². The molecule has 2 N–H and O–H groups in total. The van der Waals surface area contributed by atoms with Crippen LogP contribution in [-0.4, -0.2) is 34.3 Å². The van der Waals surface area contributed by atoms with Gasteiger partial charge in [0, 0.05) is 10.8 Å². The van der Waals surface area contributed by atoms with Gasteiger partial charge < -0.3 is 15.3 Å². The highest BCUT2D eigenvalue weighted by Gasteiger charge is 2.15. The second-order valence-corrected chi connectivity index (χ2v) is 7.50. The number of nitrogens with zero attached hydrogens (tertiary/aromatic N) is 3. The lowest BCUT2D eigenvalue weighted by Crippen LogP contribution is -2.12. The number of benzene rings is 2. The van der Waals surface area contributed by atoms with E-state index >= 15 is 0 Å². The Kier molecular flexibility index (Phi) is 6.29. The highest BCUT2D eigenvalue weighted by Crippen LogP contribution is 2.30. The van der Waals surface area contributed by atoms with Gasteiger partial charge in [-0.25, -0.2) is 4.68 Å². The lowest BCUT2D eigenvalue weighted by atomic mass is 10.2. The first kappa shape index (κ1) is 18.9. The van der Waals surface area contributed by atoms with Crippen molar-refractivity contribution in [1.29, 1.82) is 0 Å². The summed E-state index contributed by atoms with van der Waals surface area (Å²) >= 11 is 10.8. The minimum absolute atomic E-state index is 0.488. The molecule has 0 fully saturated rings. The number of nitrogen functional groups attached to an aromatic ring is 1. The Hall–Kier alpha value is -1.90. The minimum atomic E-state index is 0.488. The Morgan fingerprint density at radius 2 is 2.00 bits per heavy atom. The lowest BCUT2D eigenvalue weighted by Gasteiger charge is -2.09. The van der Waals surface area contributed by atoms with E-state index in [4.69, 9.17) is 26.9 Å². The highest BCUT2D eigenvalue weighted by molar-refractivity contribution is 9.10. The van der Waals surface area contributed by atoms with Crippen LogP contribution in [0.25, 0.3) is 11.4 Å². The second kappa shape index (κ2) is 8.66. The molecular formula is C17H16BrClN4O2S. The van der Waals surface area contributed by atoms with Crippen LogP contribution in [-0.2, 0) is 0 Å². The highest BCUT2D eigenvalue weighted by atomic mass is 79.9. The quantitative estimate of drug-likeness (QED) is 0.326. The topological polar surface area (TPSA) is 75.2 Å². The number of rotatable bonds is 7. The maximum Gasteiger partial charge on any atom is 0.210 e. The van der Waals surface area contributed by atoms with Crippen molar-refractivity contribution in [3.05, 3.63) is 52.0 Å². The van der Waals surface area contributed by atoms with Crippen LogP contribution in [0.3, 0.4) is 0 Å². The maximum absolute atomic E-state index is 6.15. The number of para-hydroxylation sites is 1. The van der Waals surface area contributed by atoms with Crippen LogP contribution in [0, 0.1) is 0 Å². The fourth-order valence-electron chi connectivity index (χ4n) is 2.27. The predicted octanol–water partition coefficient (Wildman–Crippen LogP) is 4.25. The van der Waals surface area contributed by atoms with Gasteiger partial charge in [-0.1, -0.05) is 35.5 Å². The Balaban J connectivity index is 1.62. The average Bonchev–Trinajstić information content (AvgIpc) is 3.00. The van der Waals surface area contributed by atoms with Crippen LogP contribution in [0.4, 0.5) is 0 Å². The molecule has 0 saturated heterocycles. The summed E-state index contributed by atoms with van der Waals surface area (Å²) in [5.41, 5.74) is 0.790. The lowest BCUT2D eigenvalue weighted by molar-refractivity contribution is 0.341. The molecule has 9 heteroatoms. The maximum atomic E-state index is 6.15. The van der Waals surface area contributed by atoms with E-state index in [1.807, 2.05) is 30.3 Å². The zero-order valence-corrected chi connectivity index (χ0v) is 17.0. The van der Waals surface area contributed by atoms with Crippen LogP contribution >= 0.6 is 39.3 Å². The van der Waals surface area contributed by atoms with Gasteiger partial charge >= 0.3 is 0 Å². The van der Waals surface area contributed by atoms with E-state index in [9.17, 15) is 0 Å². The molecule has 0 aliphatic rings. The zero-order chi connectivity index (χ0) is 18.5. The third-order valence-electron chi connectivity index (χ3n) is 3.48. The smallest absolute Gasteiger partial charge is 0.210 e. The van der Waals surface area contributed by atoms with E-state index in [-0.39, 0.29) is 0 Å². The van der Waals surface area contributed by atoms with Crippen molar-refractivity contribution in [2.45, 2.75) is 5.16 Å². The molecular weight excluding hydrogens is 440 g/mol. The first-order valence-corrected chi connectivity index (χ1v) is 9.80. The summed E-state index contributed by atoms with van der Waals surface area (Å²) < 4.78 is 13.4. The molecule has 0 atom stereocenters. The van der Waals surface area contributed by atoms with Gasteiger partial charge in [-0.3, -0.25) is 0 Å². The predicted molar refractivity (Wildman–Crippen MR) is 108 cm³/mol. The van der Waals surface area contributed by atoms with Crippen molar-refractivity contribution in [3.63, 3.8) is 0 Å². The van der Waals surface area contributed by atoms with Gasteiger partial charge in [0.1, 0.15) is 11.5 Å². The van der Waals surface area contributed by atoms with Crippen molar-refractivity contribution in [3.8, 4) is 22.9 Å². The fraction of sp³-hybridized carbons (Fsp3) is 0.176. The van der Waals surface area contributed by atoms with Crippen LogP contribution in [0.5, 0.6) is 11.5 Å². The molecule has 0 unspecified atom stereocenters. The van der Waals surface area contributed by atoms with Crippen molar-refractivity contribution >= 4 is 39.3 Å². The molecule has 2 aromatic carbocycles. The molecule has 3 aromatic rings. The molecule has 0 saturated carbocycles.